The van der Waals surface area contributed by atoms with Crippen molar-refractivity contribution in [1.82, 2.24) is 16.2 Å². The molecule has 4 atom stereocenters. The average molecular weight is 369 g/mol. The third kappa shape index (κ3) is 3.84. The van der Waals surface area contributed by atoms with Gasteiger partial charge >= 0.3 is 0 Å². The van der Waals surface area contributed by atoms with E-state index in [4.69, 9.17) is 15.2 Å². The minimum atomic E-state index is -0.143. The Hall–Kier alpha value is -1.54. The smallest absolute Gasteiger partial charge is 0.231 e. The summed E-state index contributed by atoms with van der Waals surface area (Å²) >= 11 is 0. The summed E-state index contributed by atoms with van der Waals surface area (Å²) in [5.74, 6) is 1.79. The van der Waals surface area contributed by atoms with Crippen LogP contribution in [0.4, 0.5) is 0 Å². The van der Waals surface area contributed by atoms with Crippen LogP contribution in [0, 0.1) is 5.92 Å². The van der Waals surface area contributed by atoms with E-state index < -0.39 is 0 Å². The van der Waals surface area contributed by atoms with E-state index in [9.17, 15) is 4.79 Å². The molecule has 5 N–H and O–H groups in total. The van der Waals surface area contributed by atoms with Gasteiger partial charge in [0.25, 0.3) is 0 Å². The molecule has 1 aliphatic carbocycles. The van der Waals surface area contributed by atoms with Crippen LogP contribution < -0.4 is 31.4 Å². The van der Waals surface area contributed by atoms with Crippen LogP contribution >= 0.6 is 12.4 Å². The maximum atomic E-state index is 12.6. The first-order valence-corrected chi connectivity index (χ1v) is 8.64. The van der Waals surface area contributed by atoms with Gasteiger partial charge in [0.2, 0.25) is 12.7 Å². The zero-order chi connectivity index (χ0) is 16.5. The van der Waals surface area contributed by atoms with Crippen molar-refractivity contribution in [2.45, 2.75) is 43.8 Å². The maximum Gasteiger partial charge on any atom is 0.231 e. The fraction of sp³-hybridized carbons (Fsp3) is 0.588. The zero-order valence-electron chi connectivity index (χ0n) is 14.0. The van der Waals surface area contributed by atoms with E-state index in [2.05, 4.69) is 16.2 Å². The molecule has 1 amide bonds. The molecule has 7 nitrogen and oxygen atoms in total. The van der Waals surface area contributed by atoms with Gasteiger partial charge in [-0.15, -0.1) is 12.4 Å². The Balaban J connectivity index is 0.00000182. The molecule has 2 fully saturated rings. The highest BCUT2D eigenvalue weighted by Crippen LogP contribution is 2.35. The van der Waals surface area contributed by atoms with Gasteiger partial charge in [0.05, 0.1) is 0 Å². The summed E-state index contributed by atoms with van der Waals surface area (Å²) in [6.45, 7) is 1.01. The van der Waals surface area contributed by atoms with Gasteiger partial charge in [-0.2, -0.15) is 0 Å². The van der Waals surface area contributed by atoms with Crippen molar-refractivity contribution in [2.75, 3.05) is 13.3 Å². The van der Waals surface area contributed by atoms with Crippen molar-refractivity contribution in [3.63, 3.8) is 0 Å². The number of fused-ring (bicyclic) bond motifs is 1. The van der Waals surface area contributed by atoms with Gasteiger partial charge < -0.3 is 20.5 Å². The minimum Gasteiger partial charge on any atom is -0.454 e. The van der Waals surface area contributed by atoms with E-state index in [1.807, 2.05) is 18.2 Å². The number of ether oxygens (including phenoxy) is 2. The normalized spacial score (nSPS) is 30.6. The first-order valence-electron chi connectivity index (χ1n) is 8.64. The second-order valence-electron chi connectivity index (χ2n) is 6.85. The summed E-state index contributed by atoms with van der Waals surface area (Å²) in [7, 11) is 0. The largest absolute Gasteiger partial charge is 0.454 e. The van der Waals surface area contributed by atoms with Crippen molar-refractivity contribution in [1.29, 1.82) is 0 Å². The van der Waals surface area contributed by atoms with E-state index in [1.54, 1.807) is 0 Å². The number of benzene rings is 1. The first kappa shape index (κ1) is 18.3. The standard InChI is InChI=1S/C17H24N4O3.ClH/c18-12-3-1-2-11(6-12)17(22)20-16-13(8-19-21-16)10-4-5-14-15(7-10)24-9-23-14;/h4-5,7,11-13,16,19,21H,1-3,6,8-9,18H2,(H,20,22);1H. The van der Waals surface area contributed by atoms with E-state index in [0.29, 0.717) is 0 Å². The molecule has 2 aliphatic heterocycles. The lowest BCUT2D eigenvalue weighted by atomic mass is 9.85. The maximum absolute atomic E-state index is 12.6. The Bertz CT molecular complexity index is 630. The fourth-order valence-electron chi connectivity index (χ4n) is 3.82. The monoisotopic (exact) mass is 368 g/mol. The van der Waals surface area contributed by atoms with Crippen LogP contribution in [0.5, 0.6) is 11.5 Å². The molecule has 1 aromatic carbocycles. The van der Waals surface area contributed by atoms with Gasteiger partial charge in [-0.05, 0) is 37.0 Å². The van der Waals surface area contributed by atoms with Gasteiger partial charge in [0, 0.05) is 24.4 Å². The lowest BCUT2D eigenvalue weighted by molar-refractivity contribution is -0.127. The van der Waals surface area contributed by atoms with Crippen LogP contribution in [0.2, 0.25) is 0 Å². The number of hydrogen-bond donors (Lipinski definition) is 4. The quantitative estimate of drug-likeness (QED) is 0.635. The van der Waals surface area contributed by atoms with Crippen LogP contribution in [-0.4, -0.2) is 31.5 Å². The number of amides is 1. The summed E-state index contributed by atoms with van der Waals surface area (Å²) in [5, 5.41) is 3.15. The van der Waals surface area contributed by atoms with Crippen LogP contribution in [0.15, 0.2) is 18.2 Å². The SMILES string of the molecule is Cl.NC1CCCC(C(=O)NC2NNCC2c2ccc3c(c2)OCO3)C1. The number of carbonyl (C=O) groups is 1. The number of hydrazine groups is 1. The molecule has 25 heavy (non-hydrogen) atoms. The average Bonchev–Trinajstić information content (AvgIpc) is 3.22. The highest BCUT2D eigenvalue weighted by molar-refractivity contribution is 5.85. The highest BCUT2D eigenvalue weighted by atomic mass is 35.5. The first-order chi connectivity index (χ1) is 11.7. The molecule has 4 unspecified atom stereocenters. The van der Waals surface area contributed by atoms with Gasteiger partial charge in [0.15, 0.2) is 11.5 Å². The second-order valence-corrected chi connectivity index (χ2v) is 6.85. The number of nitrogens with two attached hydrogens (primary N) is 1. The molecular formula is C17H25ClN4O3. The molecule has 0 radical (unpaired) electrons. The molecule has 138 valence electrons. The number of carbonyl (C=O) groups excluding carboxylic acids is 1. The molecule has 8 heteroatoms. The van der Waals surface area contributed by atoms with E-state index in [0.717, 1.165) is 49.3 Å². The fourth-order valence-corrected chi connectivity index (χ4v) is 3.82. The Kier molecular flexibility index (Phi) is 5.68. The Labute approximate surface area is 153 Å². The highest BCUT2D eigenvalue weighted by Gasteiger charge is 2.33. The van der Waals surface area contributed by atoms with Gasteiger partial charge in [-0.3, -0.25) is 10.2 Å². The number of halogens is 1. The molecule has 0 aromatic heterocycles. The van der Waals surface area contributed by atoms with E-state index in [1.165, 1.54) is 0 Å². The molecule has 0 bridgehead atoms. The number of nitrogens with one attached hydrogen (secondary N) is 3. The van der Waals surface area contributed by atoms with Gasteiger partial charge in [0.1, 0.15) is 6.17 Å². The molecule has 3 aliphatic rings. The Morgan fingerprint density at radius 2 is 2.08 bits per heavy atom. The summed E-state index contributed by atoms with van der Waals surface area (Å²) in [5.41, 5.74) is 13.4. The van der Waals surface area contributed by atoms with E-state index in [-0.39, 0.29) is 49.2 Å². The lowest BCUT2D eigenvalue weighted by Crippen LogP contribution is -2.49. The van der Waals surface area contributed by atoms with Crippen molar-refractivity contribution in [3.05, 3.63) is 23.8 Å². The topological polar surface area (TPSA) is 97.6 Å². The van der Waals surface area contributed by atoms with Crippen molar-refractivity contribution >= 4 is 18.3 Å². The minimum absolute atomic E-state index is 0. The van der Waals surface area contributed by atoms with Crippen molar-refractivity contribution in [3.8, 4) is 11.5 Å². The molecule has 1 saturated carbocycles. The van der Waals surface area contributed by atoms with Gasteiger partial charge in [-0.1, -0.05) is 12.5 Å². The molecule has 4 rings (SSSR count). The number of rotatable bonds is 3. The van der Waals surface area contributed by atoms with E-state index >= 15 is 0 Å². The number of hydrogen-bond acceptors (Lipinski definition) is 6. The second kappa shape index (κ2) is 7.78. The van der Waals surface area contributed by atoms with Crippen molar-refractivity contribution in [2.24, 2.45) is 11.7 Å². The molecule has 0 spiro atoms. The molecule has 2 heterocycles. The van der Waals surface area contributed by atoms with Crippen LogP contribution in [0.3, 0.4) is 0 Å². The predicted molar refractivity (Wildman–Crippen MR) is 95.6 cm³/mol. The zero-order valence-corrected chi connectivity index (χ0v) is 14.8. The van der Waals surface area contributed by atoms with Crippen molar-refractivity contribution < 1.29 is 14.3 Å². The van der Waals surface area contributed by atoms with Gasteiger partial charge in [-0.25, -0.2) is 5.43 Å². The summed E-state index contributed by atoms with van der Waals surface area (Å²) in [4.78, 5) is 12.6. The van der Waals surface area contributed by atoms with Crippen LogP contribution in [0.25, 0.3) is 0 Å². The van der Waals surface area contributed by atoms with Crippen LogP contribution in [0.1, 0.15) is 37.2 Å². The molecular weight excluding hydrogens is 344 g/mol. The summed E-state index contributed by atoms with van der Waals surface area (Å²) in [6.07, 6.45) is 3.61. The molecule has 1 aromatic rings. The summed E-state index contributed by atoms with van der Waals surface area (Å²) < 4.78 is 10.8. The Morgan fingerprint density at radius 1 is 1.24 bits per heavy atom. The lowest BCUT2D eigenvalue weighted by Gasteiger charge is -2.28. The van der Waals surface area contributed by atoms with Crippen LogP contribution in [-0.2, 0) is 4.79 Å². The Morgan fingerprint density at radius 3 is 2.92 bits per heavy atom. The third-order valence-corrected chi connectivity index (χ3v) is 5.19. The predicted octanol–water partition coefficient (Wildman–Crippen LogP) is 0.988. The molecule has 1 saturated heterocycles. The third-order valence-electron chi connectivity index (χ3n) is 5.19. The summed E-state index contributed by atoms with van der Waals surface area (Å²) in [6, 6.07) is 6.10.